The van der Waals surface area contributed by atoms with Gasteiger partial charge < -0.3 is 9.47 Å². The van der Waals surface area contributed by atoms with Crippen LogP contribution < -0.4 is 0 Å². The summed E-state index contributed by atoms with van der Waals surface area (Å²) in [6.45, 7) is 4.10. The van der Waals surface area contributed by atoms with Gasteiger partial charge in [-0.3, -0.25) is 4.79 Å². The van der Waals surface area contributed by atoms with Gasteiger partial charge in [0.05, 0.1) is 13.5 Å². The standard InChI is InChI=1S/C5H7O3/c1-4(6)7-2-5-3-8-5/h5H,1-3H2. The van der Waals surface area contributed by atoms with Crippen LogP contribution in [0.25, 0.3) is 0 Å². The Labute approximate surface area is 47.6 Å². The topological polar surface area (TPSA) is 38.8 Å². The first kappa shape index (κ1) is 5.56. The van der Waals surface area contributed by atoms with E-state index in [4.69, 9.17) is 4.74 Å². The fourth-order valence-corrected chi connectivity index (χ4v) is 0.350. The molecule has 0 aromatic carbocycles. The van der Waals surface area contributed by atoms with Crippen LogP contribution in [0.3, 0.4) is 0 Å². The molecule has 3 nitrogen and oxygen atoms in total. The molecule has 1 saturated heterocycles. The van der Waals surface area contributed by atoms with Crippen molar-refractivity contribution in [2.75, 3.05) is 13.2 Å². The molecular weight excluding hydrogens is 108 g/mol. The van der Waals surface area contributed by atoms with E-state index in [0.717, 1.165) is 0 Å². The normalized spacial score (nSPS) is 24.9. The van der Waals surface area contributed by atoms with Crippen LogP contribution in [0.4, 0.5) is 0 Å². The van der Waals surface area contributed by atoms with E-state index in [1.54, 1.807) is 0 Å². The van der Waals surface area contributed by atoms with Crippen molar-refractivity contribution in [3.8, 4) is 0 Å². The molecule has 8 heavy (non-hydrogen) atoms. The molecule has 45 valence electrons. The summed E-state index contributed by atoms with van der Waals surface area (Å²) in [5, 5.41) is 0. The summed E-state index contributed by atoms with van der Waals surface area (Å²) >= 11 is 0. The van der Waals surface area contributed by atoms with Crippen LogP contribution >= 0.6 is 0 Å². The predicted octanol–water partition coefficient (Wildman–Crippen LogP) is -0.238. The van der Waals surface area contributed by atoms with Crippen molar-refractivity contribution < 1.29 is 14.3 Å². The number of ether oxygens (including phenoxy) is 2. The summed E-state index contributed by atoms with van der Waals surface area (Å²) in [4.78, 5) is 9.99. The van der Waals surface area contributed by atoms with Gasteiger partial charge in [-0.25, -0.2) is 0 Å². The van der Waals surface area contributed by atoms with E-state index in [1.807, 2.05) is 0 Å². The number of esters is 1. The van der Waals surface area contributed by atoms with Crippen LogP contribution in [0.2, 0.25) is 0 Å². The summed E-state index contributed by atoms with van der Waals surface area (Å²) in [5.41, 5.74) is 0. The van der Waals surface area contributed by atoms with Crippen LogP contribution in [0.1, 0.15) is 0 Å². The highest BCUT2D eigenvalue weighted by atomic mass is 16.6. The SMILES string of the molecule is [CH2]C(=O)OCC1CO1. The Morgan fingerprint density at radius 2 is 2.62 bits per heavy atom. The zero-order valence-electron chi connectivity index (χ0n) is 4.42. The van der Waals surface area contributed by atoms with Gasteiger partial charge in [0.25, 0.3) is 0 Å². The number of carbonyl (C=O) groups excluding carboxylic acids is 1. The molecule has 1 atom stereocenters. The van der Waals surface area contributed by atoms with E-state index in [1.165, 1.54) is 0 Å². The van der Waals surface area contributed by atoms with E-state index in [9.17, 15) is 4.79 Å². The largest absolute Gasteiger partial charge is 0.463 e. The molecule has 1 heterocycles. The lowest BCUT2D eigenvalue weighted by atomic mass is 10.5. The highest BCUT2D eigenvalue weighted by Crippen LogP contribution is 2.07. The average molecular weight is 115 g/mol. The molecule has 0 saturated carbocycles. The number of hydrogen-bond acceptors (Lipinski definition) is 3. The van der Waals surface area contributed by atoms with Crippen molar-refractivity contribution in [3.05, 3.63) is 6.92 Å². The Bertz CT molecular complexity index is 95.8. The average Bonchev–Trinajstić information content (AvgIpc) is 2.41. The number of hydrogen-bond donors (Lipinski definition) is 0. The molecule has 3 heteroatoms. The quantitative estimate of drug-likeness (QED) is 0.368. The molecule has 0 spiro atoms. The van der Waals surface area contributed by atoms with Crippen molar-refractivity contribution in [1.82, 2.24) is 0 Å². The molecule has 1 aliphatic heterocycles. The monoisotopic (exact) mass is 115 g/mol. The molecule has 1 rings (SSSR count). The van der Waals surface area contributed by atoms with Gasteiger partial charge in [-0.05, 0) is 0 Å². The van der Waals surface area contributed by atoms with Crippen molar-refractivity contribution >= 4 is 5.97 Å². The van der Waals surface area contributed by atoms with Crippen molar-refractivity contribution in [3.63, 3.8) is 0 Å². The van der Waals surface area contributed by atoms with Gasteiger partial charge in [0.15, 0.2) is 0 Å². The minimum absolute atomic E-state index is 0.153. The summed E-state index contributed by atoms with van der Waals surface area (Å²) in [6.07, 6.45) is 0.153. The molecule has 1 fully saturated rings. The van der Waals surface area contributed by atoms with E-state index >= 15 is 0 Å². The van der Waals surface area contributed by atoms with Crippen LogP contribution in [0.5, 0.6) is 0 Å². The second-order valence-corrected chi connectivity index (χ2v) is 1.64. The minimum atomic E-state index is -0.486. The molecule has 0 bridgehead atoms. The van der Waals surface area contributed by atoms with Crippen LogP contribution in [0, 0.1) is 6.92 Å². The third-order valence-corrected chi connectivity index (χ3v) is 0.833. The molecule has 0 aliphatic carbocycles. The highest BCUT2D eigenvalue weighted by Gasteiger charge is 2.23. The first-order chi connectivity index (χ1) is 3.79. The van der Waals surface area contributed by atoms with Gasteiger partial charge in [-0.2, -0.15) is 0 Å². The third-order valence-electron chi connectivity index (χ3n) is 0.833. The second kappa shape index (κ2) is 2.13. The van der Waals surface area contributed by atoms with Crippen molar-refractivity contribution in [1.29, 1.82) is 0 Å². The number of rotatable bonds is 2. The molecular formula is C5H7O3. The first-order valence-electron chi connectivity index (χ1n) is 2.39. The Morgan fingerprint density at radius 1 is 2.00 bits per heavy atom. The Hall–Kier alpha value is -0.570. The van der Waals surface area contributed by atoms with Gasteiger partial charge in [-0.1, -0.05) is 0 Å². The molecule has 0 amide bonds. The molecule has 0 aromatic heterocycles. The molecule has 1 aliphatic rings. The first-order valence-corrected chi connectivity index (χ1v) is 2.39. The fraction of sp³-hybridized carbons (Fsp3) is 0.600. The number of epoxide rings is 1. The highest BCUT2D eigenvalue weighted by molar-refractivity contribution is 5.73. The van der Waals surface area contributed by atoms with Gasteiger partial charge in [0.1, 0.15) is 12.7 Å². The van der Waals surface area contributed by atoms with Crippen LogP contribution in [-0.2, 0) is 14.3 Å². The minimum Gasteiger partial charge on any atom is -0.463 e. The Morgan fingerprint density at radius 3 is 3.00 bits per heavy atom. The smallest absolute Gasteiger partial charge is 0.306 e. The summed E-state index contributed by atoms with van der Waals surface area (Å²) in [6, 6.07) is 0. The lowest BCUT2D eigenvalue weighted by Crippen LogP contribution is -2.05. The Balaban J connectivity index is 1.95. The maximum Gasteiger partial charge on any atom is 0.306 e. The maximum absolute atomic E-state index is 9.99. The van der Waals surface area contributed by atoms with Gasteiger partial charge in [0, 0.05) is 0 Å². The van der Waals surface area contributed by atoms with Crippen LogP contribution in [0.15, 0.2) is 0 Å². The van der Waals surface area contributed by atoms with Crippen LogP contribution in [-0.4, -0.2) is 25.3 Å². The fourth-order valence-electron chi connectivity index (χ4n) is 0.350. The number of carbonyl (C=O) groups is 1. The molecule has 1 unspecified atom stereocenters. The van der Waals surface area contributed by atoms with Gasteiger partial charge >= 0.3 is 5.97 Å². The summed E-state index contributed by atoms with van der Waals surface area (Å²) in [5.74, 6) is -0.486. The summed E-state index contributed by atoms with van der Waals surface area (Å²) < 4.78 is 9.24. The predicted molar refractivity (Wildman–Crippen MR) is 26.1 cm³/mol. The lowest BCUT2D eigenvalue weighted by molar-refractivity contribution is -0.138. The van der Waals surface area contributed by atoms with E-state index in [-0.39, 0.29) is 6.10 Å². The van der Waals surface area contributed by atoms with Gasteiger partial charge in [-0.15, -0.1) is 0 Å². The zero-order chi connectivity index (χ0) is 5.98. The molecule has 0 N–H and O–H groups in total. The van der Waals surface area contributed by atoms with Crippen molar-refractivity contribution in [2.45, 2.75) is 6.10 Å². The zero-order valence-corrected chi connectivity index (χ0v) is 4.42. The van der Waals surface area contributed by atoms with E-state index in [0.29, 0.717) is 13.2 Å². The van der Waals surface area contributed by atoms with E-state index in [2.05, 4.69) is 11.7 Å². The van der Waals surface area contributed by atoms with Gasteiger partial charge in [0.2, 0.25) is 0 Å². The van der Waals surface area contributed by atoms with Crippen molar-refractivity contribution in [2.24, 2.45) is 0 Å². The third kappa shape index (κ3) is 1.93. The molecule has 0 aromatic rings. The lowest BCUT2D eigenvalue weighted by Gasteiger charge is -1.93. The second-order valence-electron chi connectivity index (χ2n) is 1.64. The molecule has 1 radical (unpaired) electrons. The van der Waals surface area contributed by atoms with E-state index < -0.39 is 5.97 Å². The summed E-state index contributed by atoms with van der Waals surface area (Å²) in [7, 11) is 0. The Kier molecular flexibility index (Phi) is 1.48. The maximum atomic E-state index is 9.99.